The topological polar surface area (TPSA) is 25.8 Å². The maximum absolute atomic E-state index is 5.17. The third-order valence-corrected chi connectivity index (χ3v) is 5.84. The summed E-state index contributed by atoms with van der Waals surface area (Å²) in [4.78, 5) is 10.2. The van der Waals surface area contributed by atoms with Gasteiger partial charge in [0.1, 0.15) is 0 Å². The van der Waals surface area contributed by atoms with Crippen LogP contribution in [0.25, 0.3) is 11.0 Å². The van der Waals surface area contributed by atoms with E-state index in [0.29, 0.717) is 5.92 Å². The van der Waals surface area contributed by atoms with Crippen LogP contribution < -0.4 is 0 Å². The summed E-state index contributed by atoms with van der Waals surface area (Å²) in [7, 11) is 0. The van der Waals surface area contributed by atoms with E-state index in [4.69, 9.17) is 9.97 Å². The molecule has 0 atom stereocenters. The molecule has 1 heterocycles. The van der Waals surface area contributed by atoms with Crippen molar-refractivity contribution in [1.82, 2.24) is 9.97 Å². The molecule has 0 bridgehead atoms. The number of hydrogen-bond donors (Lipinski definition) is 0. The van der Waals surface area contributed by atoms with Gasteiger partial charge in [-0.3, -0.25) is 0 Å². The Bertz CT molecular complexity index is 739. The summed E-state index contributed by atoms with van der Waals surface area (Å²) in [6, 6.07) is 6.69. The van der Waals surface area contributed by atoms with Gasteiger partial charge in [0.25, 0.3) is 0 Å². The average Bonchev–Trinajstić information content (AvgIpc) is 3.38. The summed E-state index contributed by atoms with van der Waals surface area (Å²) in [5.41, 5.74) is 6.29. The van der Waals surface area contributed by atoms with Crippen LogP contribution in [0.2, 0.25) is 0 Å². The molecule has 0 spiro atoms. The summed E-state index contributed by atoms with van der Waals surface area (Å²) in [6.45, 7) is 13.8. The Kier molecular flexibility index (Phi) is 4.44. The zero-order valence-corrected chi connectivity index (χ0v) is 16.2. The van der Waals surface area contributed by atoms with Crippen LogP contribution in [0.15, 0.2) is 18.2 Å². The maximum Gasteiger partial charge on any atom is 0.0893 e. The molecule has 0 radical (unpaired) electrons. The van der Waals surface area contributed by atoms with Crippen LogP contribution in [0, 0.1) is 0 Å². The number of aromatic nitrogens is 2. The second-order valence-electron chi connectivity index (χ2n) is 8.81. The molecule has 1 aliphatic carbocycles. The Morgan fingerprint density at radius 2 is 1.67 bits per heavy atom. The third-order valence-electron chi connectivity index (χ3n) is 5.84. The van der Waals surface area contributed by atoms with E-state index in [1.54, 1.807) is 0 Å². The first-order chi connectivity index (χ1) is 11.3. The number of rotatable bonds is 6. The molecule has 1 saturated carbocycles. The summed E-state index contributed by atoms with van der Waals surface area (Å²) in [5, 5.41) is 0. The molecule has 3 rings (SSSR count). The van der Waals surface area contributed by atoms with Gasteiger partial charge in [-0.15, -0.1) is 0 Å². The van der Waals surface area contributed by atoms with Gasteiger partial charge < -0.3 is 0 Å². The fraction of sp³-hybridized carbons (Fsp3) is 0.636. The molecule has 130 valence electrons. The average molecular weight is 325 g/mol. The van der Waals surface area contributed by atoms with E-state index in [0.717, 1.165) is 23.9 Å². The number of hydrogen-bond acceptors (Lipinski definition) is 2. The molecule has 1 fully saturated rings. The molecular formula is C22H32N2. The van der Waals surface area contributed by atoms with Crippen molar-refractivity contribution in [2.75, 3.05) is 0 Å². The van der Waals surface area contributed by atoms with E-state index in [1.807, 2.05) is 0 Å². The normalized spacial score (nSPS) is 15.9. The lowest BCUT2D eigenvalue weighted by Gasteiger charge is -2.27. The second-order valence-corrected chi connectivity index (χ2v) is 8.81. The molecule has 1 aromatic heterocycles. The Morgan fingerprint density at radius 1 is 0.958 bits per heavy atom. The zero-order valence-electron chi connectivity index (χ0n) is 16.2. The van der Waals surface area contributed by atoms with E-state index in [9.17, 15) is 0 Å². The van der Waals surface area contributed by atoms with Gasteiger partial charge in [-0.05, 0) is 48.8 Å². The van der Waals surface area contributed by atoms with Crippen molar-refractivity contribution in [3.8, 4) is 0 Å². The number of benzene rings is 1. The van der Waals surface area contributed by atoms with Crippen molar-refractivity contribution < 1.29 is 0 Å². The predicted octanol–water partition coefficient (Wildman–Crippen LogP) is 6.27. The van der Waals surface area contributed by atoms with E-state index < -0.39 is 0 Å². The maximum atomic E-state index is 5.17. The number of nitrogens with zero attached hydrogens (tertiary/aromatic N) is 2. The Hall–Kier alpha value is -1.44. The second kappa shape index (κ2) is 6.13. The summed E-state index contributed by atoms with van der Waals surface area (Å²) in [5.74, 6) is 0.639. The largest absolute Gasteiger partial charge is 0.249 e. The minimum atomic E-state index is 0.101. The van der Waals surface area contributed by atoms with Crippen LogP contribution in [0.5, 0.6) is 0 Å². The first-order valence-corrected chi connectivity index (χ1v) is 9.61. The highest BCUT2D eigenvalue weighted by Crippen LogP contribution is 2.44. The van der Waals surface area contributed by atoms with E-state index in [-0.39, 0.29) is 10.8 Å². The molecule has 0 saturated heterocycles. The van der Waals surface area contributed by atoms with E-state index in [2.05, 4.69) is 59.7 Å². The van der Waals surface area contributed by atoms with Crippen molar-refractivity contribution in [3.05, 3.63) is 35.2 Å². The van der Waals surface area contributed by atoms with Crippen molar-refractivity contribution in [2.45, 2.75) is 90.4 Å². The smallest absolute Gasteiger partial charge is 0.0893 e. The third kappa shape index (κ3) is 3.20. The Balaban J connectivity index is 2.16. The lowest BCUT2D eigenvalue weighted by atomic mass is 9.81. The minimum absolute atomic E-state index is 0.101. The summed E-state index contributed by atoms with van der Waals surface area (Å²) < 4.78 is 0. The molecule has 24 heavy (non-hydrogen) atoms. The molecule has 0 aliphatic heterocycles. The van der Waals surface area contributed by atoms with Gasteiger partial charge in [-0.1, -0.05) is 54.0 Å². The van der Waals surface area contributed by atoms with E-state index in [1.165, 1.54) is 36.2 Å². The molecule has 2 heteroatoms. The van der Waals surface area contributed by atoms with Gasteiger partial charge in [0.2, 0.25) is 0 Å². The monoisotopic (exact) mass is 324 g/mol. The van der Waals surface area contributed by atoms with Crippen LogP contribution in [0.1, 0.15) is 96.5 Å². The molecule has 0 amide bonds. The molecule has 2 nitrogen and oxygen atoms in total. The van der Waals surface area contributed by atoms with Gasteiger partial charge >= 0.3 is 0 Å². The minimum Gasteiger partial charge on any atom is -0.249 e. The van der Waals surface area contributed by atoms with Gasteiger partial charge in [0.15, 0.2) is 0 Å². The van der Waals surface area contributed by atoms with Crippen LogP contribution in [0.3, 0.4) is 0 Å². The number of fused-ring (bicyclic) bond motifs is 1. The molecule has 1 aliphatic rings. The van der Waals surface area contributed by atoms with E-state index >= 15 is 0 Å². The highest BCUT2D eigenvalue weighted by atomic mass is 14.9. The fourth-order valence-electron chi connectivity index (χ4n) is 3.58. The van der Waals surface area contributed by atoms with Crippen molar-refractivity contribution in [2.24, 2.45) is 0 Å². The molecule has 0 unspecified atom stereocenters. The SMILES string of the molecule is CCCC(C)(C)c1nc2cc(C(C)(C)CC)ccc2nc1C1CC1. The standard InChI is InChI=1S/C22H32N2/c1-7-13-22(5,6)20-19(15-9-10-15)23-17-12-11-16(14-18(17)24-20)21(3,4)8-2/h11-12,14-15H,7-10,13H2,1-6H3. The fourth-order valence-corrected chi connectivity index (χ4v) is 3.58. The first kappa shape index (κ1) is 17.4. The lowest BCUT2D eigenvalue weighted by molar-refractivity contribution is 0.454. The van der Waals surface area contributed by atoms with Crippen LogP contribution in [-0.4, -0.2) is 9.97 Å². The summed E-state index contributed by atoms with van der Waals surface area (Å²) in [6.07, 6.45) is 6.01. The first-order valence-electron chi connectivity index (χ1n) is 9.61. The highest BCUT2D eigenvalue weighted by molar-refractivity contribution is 5.76. The molecule has 0 N–H and O–H groups in total. The van der Waals surface area contributed by atoms with Crippen molar-refractivity contribution in [3.63, 3.8) is 0 Å². The predicted molar refractivity (Wildman–Crippen MR) is 103 cm³/mol. The van der Waals surface area contributed by atoms with Gasteiger partial charge in [0.05, 0.1) is 22.4 Å². The van der Waals surface area contributed by atoms with Gasteiger partial charge in [0, 0.05) is 11.3 Å². The molecule has 2 aromatic rings. The Morgan fingerprint density at radius 3 is 2.25 bits per heavy atom. The molecular weight excluding hydrogens is 292 g/mol. The quantitative estimate of drug-likeness (QED) is 0.625. The van der Waals surface area contributed by atoms with Crippen LogP contribution in [0.4, 0.5) is 0 Å². The van der Waals surface area contributed by atoms with Gasteiger partial charge in [-0.2, -0.15) is 0 Å². The van der Waals surface area contributed by atoms with Crippen molar-refractivity contribution >= 4 is 11.0 Å². The van der Waals surface area contributed by atoms with Crippen LogP contribution in [-0.2, 0) is 10.8 Å². The molecule has 1 aromatic carbocycles. The summed E-state index contributed by atoms with van der Waals surface area (Å²) >= 11 is 0. The zero-order chi connectivity index (χ0) is 17.5. The highest BCUT2D eigenvalue weighted by Gasteiger charge is 2.34. The lowest BCUT2D eigenvalue weighted by Crippen LogP contribution is -2.22. The van der Waals surface area contributed by atoms with Gasteiger partial charge in [-0.25, -0.2) is 9.97 Å². The Labute approximate surface area is 147 Å². The van der Waals surface area contributed by atoms with Crippen LogP contribution >= 0.6 is 0 Å². The van der Waals surface area contributed by atoms with Crippen molar-refractivity contribution in [1.29, 1.82) is 0 Å².